The Hall–Kier alpha value is -2.47. The third kappa shape index (κ3) is 3.65. The number of ether oxygens (including phenoxy) is 1. The molecular weight excluding hydrogens is 302 g/mol. The maximum atomic E-state index is 13.6. The number of carbonyl (C=O) groups is 1. The fourth-order valence-electron chi connectivity index (χ4n) is 2.45. The van der Waals surface area contributed by atoms with Crippen LogP contribution >= 0.6 is 0 Å². The smallest absolute Gasteiger partial charge is 0.258 e. The highest BCUT2D eigenvalue weighted by molar-refractivity contribution is 6.04. The van der Waals surface area contributed by atoms with E-state index in [1.807, 2.05) is 12.1 Å². The summed E-state index contributed by atoms with van der Waals surface area (Å²) in [5.41, 5.74) is 1.24. The molecule has 0 spiro atoms. The molecule has 0 radical (unpaired) electrons. The van der Waals surface area contributed by atoms with Crippen molar-refractivity contribution in [2.45, 2.75) is 0 Å². The van der Waals surface area contributed by atoms with Crippen molar-refractivity contribution in [2.24, 2.45) is 0 Å². The third-order valence-electron chi connectivity index (χ3n) is 3.67. The zero-order valence-corrected chi connectivity index (χ0v) is 12.4. The number of hydrogen-bond donors (Lipinski definition) is 1. The Morgan fingerprint density at radius 2 is 1.74 bits per heavy atom. The van der Waals surface area contributed by atoms with Crippen LogP contribution in [0.4, 0.5) is 20.2 Å². The average Bonchev–Trinajstić information content (AvgIpc) is 2.58. The highest BCUT2D eigenvalue weighted by Crippen LogP contribution is 2.20. The predicted octanol–water partition coefficient (Wildman–Crippen LogP) is 3.05. The predicted molar refractivity (Wildman–Crippen MR) is 83.8 cm³/mol. The molecule has 6 heteroatoms. The largest absolute Gasteiger partial charge is 0.378 e. The van der Waals surface area contributed by atoms with Gasteiger partial charge in [-0.05, 0) is 42.5 Å². The lowest BCUT2D eigenvalue weighted by molar-refractivity contribution is 0.102. The molecule has 0 unspecified atom stereocenters. The second-order valence-electron chi connectivity index (χ2n) is 5.22. The molecule has 0 aliphatic carbocycles. The number of halogens is 2. The summed E-state index contributed by atoms with van der Waals surface area (Å²) in [7, 11) is 0. The fourth-order valence-corrected chi connectivity index (χ4v) is 2.45. The van der Waals surface area contributed by atoms with E-state index in [0.29, 0.717) is 18.9 Å². The second kappa shape index (κ2) is 6.75. The Morgan fingerprint density at radius 3 is 2.43 bits per heavy atom. The summed E-state index contributed by atoms with van der Waals surface area (Å²) in [6, 6.07) is 10.0. The van der Waals surface area contributed by atoms with E-state index in [1.165, 1.54) is 0 Å². The molecule has 1 aliphatic heterocycles. The standard InChI is InChI=1S/C17H16F2N2O2/c18-12-1-6-16(19)15(11-12)17(22)20-13-2-4-14(5-3-13)21-7-9-23-10-8-21/h1-6,11H,7-10H2,(H,20,22). The molecule has 0 saturated carbocycles. The minimum atomic E-state index is -0.756. The highest BCUT2D eigenvalue weighted by atomic mass is 19.1. The van der Waals surface area contributed by atoms with Crippen molar-refractivity contribution in [3.63, 3.8) is 0 Å². The van der Waals surface area contributed by atoms with Gasteiger partial charge in [0, 0.05) is 24.5 Å². The van der Waals surface area contributed by atoms with Gasteiger partial charge in [-0.3, -0.25) is 4.79 Å². The Balaban J connectivity index is 1.70. The fraction of sp³-hybridized carbons (Fsp3) is 0.235. The van der Waals surface area contributed by atoms with E-state index in [1.54, 1.807) is 12.1 Å². The first-order valence-corrected chi connectivity index (χ1v) is 7.32. The molecule has 120 valence electrons. The van der Waals surface area contributed by atoms with Gasteiger partial charge in [-0.1, -0.05) is 0 Å². The molecular formula is C17H16F2N2O2. The number of rotatable bonds is 3. The number of amides is 1. The number of morpholine rings is 1. The van der Waals surface area contributed by atoms with Crippen LogP contribution in [0.3, 0.4) is 0 Å². The van der Waals surface area contributed by atoms with Crippen molar-refractivity contribution in [2.75, 3.05) is 36.5 Å². The normalized spacial score (nSPS) is 14.6. The first-order valence-electron chi connectivity index (χ1n) is 7.32. The molecule has 3 rings (SSSR count). The molecule has 1 heterocycles. The highest BCUT2D eigenvalue weighted by Gasteiger charge is 2.14. The van der Waals surface area contributed by atoms with E-state index in [2.05, 4.69) is 10.2 Å². The van der Waals surface area contributed by atoms with Crippen LogP contribution in [0, 0.1) is 11.6 Å². The van der Waals surface area contributed by atoms with Gasteiger partial charge in [-0.15, -0.1) is 0 Å². The number of hydrogen-bond acceptors (Lipinski definition) is 3. The van der Waals surface area contributed by atoms with E-state index in [9.17, 15) is 13.6 Å². The summed E-state index contributed by atoms with van der Waals surface area (Å²) >= 11 is 0. The van der Waals surface area contributed by atoms with Crippen LogP contribution in [0.15, 0.2) is 42.5 Å². The molecule has 1 fully saturated rings. The van der Waals surface area contributed by atoms with Crippen LogP contribution in [-0.2, 0) is 4.74 Å². The summed E-state index contributed by atoms with van der Waals surface area (Å²) in [6.45, 7) is 3.02. The van der Waals surface area contributed by atoms with Gasteiger partial charge in [0.15, 0.2) is 0 Å². The van der Waals surface area contributed by atoms with Gasteiger partial charge in [0.1, 0.15) is 11.6 Å². The number of nitrogens with zero attached hydrogens (tertiary/aromatic N) is 1. The Morgan fingerprint density at radius 1 is 1.04 bits per heavy atom. The summed E-state index contributed by atoms with van der Waals surface area (Å²) in [5, 5.41) is 2.57. The molecule has 1 amide bonds. The van der Waals surface area contributed by atoms with E-state index < -0.39 is 17.5 Å². The molecule has 1 N–H and O–H groups in total. The summed E-state index contributed by atoms with van der Waals surface area (Å²) in [6.07, 6.45) is 0. The van der Waals surface area contributed by atoms with Gasteiger partial charge in [-0.25, -0.2) is 8.78 Å². The SMILES string of the molecule is O=C(Nc1ccc(N2CCOCC2)cc1)c1cc(F)ccc1F. The van der Waals surface area contributed by atoms with E-state index in [-0.39, 0.29) is 5.56 Å². The molecule has 4 nitrogen and oxygen atoms in total. The summed E-state index contributed by atoms with van der Waals surface area (Å²) in [5.74, 6) is -2.09. The first-order chi connectivity index (χ1) is 11.1. The van der Waals surface area contributed by atoms with Crippen LogP contribution < -0.4 is 10.2 Å². The molecule has 2 aromatic rings. The zero-order chi connectivity index (χ0) is 16.2. The molecule has 0 bridgehead atoms. The van der Waals surface area contributed by atoms with Gasteiger partial charge in [0.05, 0.1) is 18.8 Å². The Bertz CT molecular complexity index is 698. The van der Waals surface area contributed by atoms with E-state index in [0.717, 1.165) is 37.0 Å². The lowest BCUT2D eigenvalue weighted by Gasteiger charge is -2.28. The second-order valence-corrected chi connectivity index (χ2v) is 5.22. The van der Waals surface area contributed by atoms with Gasteiger partial charge in [0.2, 0.25) is 0 Å². The Labute approximate surface area is 132 Å². The summed E-state index contributed by atoms with van der Waals surface area (Å²) < 4.78 is 32.0. The first kappa shape index (κ1) is 15.4. The van der Waals surface area contributed by atoms with Crippen molar-refractivity contribution < 1.29 is 18.3 Å². The molecule has 0 aromatic heterocycles. The number of anilines is 2. The molecule has 2 aromatic carbocycles. The maximum absolute atomic E-state index is 13.6. The van der Waals surface area contributed by atoms with Gasteiger partial charge < -0.3 is 15.0 Å². The lowest BCUT2D eigenvalue weighted by atomic mass is 10.2. The molecule has 23 heavy (non-hydrogen) atoms. The number of nitrogens with one attached hydrogen (secondary N) is 1. The van der Waals surface area contributed by atoms with Gasteiger partial charge >= 0.3 is 0 Å². The number of carbonyl (C=O) groups excluding carboxylic acids is 1. The van der Waals surface area contributed by atoms with Crippen molar-refractivity contribution in [1.29, 1.82) is 0 Å². The van der Waals surface area contributed by atoms with Crippen LogP contribution in [0.5, 0.6) is 0 Å². The minimum Gasteiger partial charge on any atom is -0.378 e. The van der Waals surface area contributed by atoms with Crippen molar-refractivity contribution in [3.8, 4) is 0 Å². The third-order valence-corrected chi connectivity index (χ3v) is 3.67. The molecule has 1 saturated heterocycles. The maximum Gasteiger partial charge on any atom is 0.258 e. The zero-order valence-electron chi connectivity index (χ0n) is 12.4. The molecule has 1 aliphatic rings. The lowest BCUT2D eigenvalue weighted by Crippen LogP contribution is -2.36. The van der Waals surface area contributed by atoms with Crippen LogP contribution in [0.1, 0.15) is 10.4 Å². The molecule has 0 atom stereocenters. The van der Waals surface area contributed by atoms with Crippen molar-refractivity contribution in [3.05, 3.63) is 59.7 Å². The van der Waals surface area contributed by atoms with Gasteiger partial charge in [0.25, 0.3) is 5.91 Å². The van der Waals surface area contributed by atoms with Crippen molar-refractivity contribution >= 4 is 17.3 Å². The number of benzene rings is 2. The van der Waals surface area contributed by atoms with E-state index in [4.69, 9.17) is 4.74 Å². The topological polar surface area (TPSA) is 41.6 Å². The van der Waals surface area contributed by atoms with Crippen LogP contribution in [0.25, 0.3) is 0 Å². The quantitative estimate of drug-likeness (QED) is 0.946. The van der Waals surface area contributed by atoms with Crippen molar-refractivity contribution in [1.82, 2.24) is 0 Å². The van der Waals surface area contributed by atoms with E-state index >= 15 is 0 Å². The monoisotopic (exact) mass is 318 g/mol. The average molecular weight is 318 g/mol. The van der Waals surface area contributed by atoms with Crippen LogP contribution in [-0.4, -0.2) is 32.2 Å². The Kier molecular flexibility index (Phi) is 4.52. The van der Waals surface area contributed by atoms with Gasteiger partial charge in [-0.2, -0.15) is 0 Å². The minimum absolute atomic E-state index is 0.317. The summed E-state index contributed by atoms with van der Waals surface area (Å²) in [4.78, 5) is 14.2. The van der Waals surface area contributed by atoms with Crippen LogP contribution in [0.2, 0.25) is 0 Å².